The molecular formula is C25H21NO5. The fourth-order valence-electron chi connectivity index (χ4n) is 3.11. The molecule has 0 spiro atoms. The first-order valence-electron chi connectivity index (χ1n) is 9.87. The standard InChI is InChI=1S/C25H21NO5/c1-16(2)29-20-12-13-21-22(15-24(27)31-23(21)14-20)25(28)26-17-8-10-19(11-9-17)30-18-6-4-3-5-7-18/h3-16H,1-2H3,(H,26,28). The van der Waals surface area contributed by atoms with E-state index in [0.29, 0.717) is 28.2 Å². The van der Waals surface area contributed by atoms with Crippen LogP contribution in [-0.2, 0) is 0 Å². The highest BCUT2D eigenvalue weighted by Crippen LogP contribution is 2.25. The molecule has 0 aliphatic heterocycles. The van der Waals surface area contributed by atoms with Crippen LogP contribution in [0.25, 0.3) is 11.0 Å². The molecule has 1 heterocycles. The number of ether oxygens (including phenoxy) is 2. The van der Waals surface area contributed by atoms with Crippen LogP contribution in [0.4, 0.5) is 5.69 Å². The molecule has 156 valence electrons. The lowest BCUT2D eigenvalue weighted by molar-refractivity contribution is 0.102. The van der Waals surface area contributed by atoms with E-state index in [2.05, 4.69) is 5.32 Å². The smallest absolute Gasteiger partial charge is 0.337 e. The number of hydrogen-bond donors (Lipinski definition) is 1. The maximum Gasteiger partial charge on any atom is 0.337 e. The number of rotatable bonds is 6. The van der Waals surface area contributed by atoms with Gasteiger partial charge < -0.3 is 19.2 Å². The summed E-state index contributed by atoms with van der Waals surface area (Å²) in [4.78, 5) is 24.9. The molecule has 3 aromatic carbocycles. The average Bonchev–Trinajstić information content (AvgIpc) is 2.74. The molecule has 1 amide bonds. The number of hydrogen-bond acceptors (Lipinski definition) is 5. The first-order valence-corrected chi connectivity index (χ1v) is 9.87. The molecule has 4 aromatic rings. The predicted octanol–water partition coefficient (Wildman–Crippen LogP) is 5.62. The van der Waals surface area contributed by atoms with Gasteiger partial charge in [-0.2, -0.15) is 0 Å². The molecule has 0 bridgehead atoms. The first-order chi connectivity index (χ1) is 15.0. The van der Waals surface area contributed by atoms with E-state index in [1.165, 1.54) is 6.07 Å². The Hall–Kier alpha value is -4.06. The van der Waals surface area contributed by atoms with Gasteiger partial charge >= 0.3 is 5.63 Å². The Morgan fingerprint density at radius 2 is 1.55 bits per heavy atom. The minimum absolute atomic E-state index is 0.0236. The maximum atomic E-state index is 12.9. The maximum absolute atomic E-state index is 12.9. The summed E-state index contributed by atoms with van der Waals surface area (Å²) in [7, 11) is 0. The molecule has 0 aliphatic rings. The zero-order chi connectivity index (χ0) is 21.8. The summed E-state index contributed by atoms with van der Waals surface area (Å²) in [6.07, 6.45) is -0.0236. The van der Waals surface area contributed by atoms with Crippen molar-refractivity contribution in [3.8, 4) is 17.2 Å². The van der Waals surface area contributed by atoms with E-state index in [9.17, 15) is 9.59 Å². The van der Waals surface area contributed by atoms with E-state index in [4.69, 9.17) is 13.9 Å². The second-order valence-electron chi connectivity index (χ2n) is 7.20. The molecular weight excluding hydrogens is 394 g/mol. The van der Waals surface area contributed by atoms with Crippen LogP contribution in [0.15, 0.2) is 88.1 Å². The summed E-state index contributed by atoms with van der Waals surface area (Å²) >= 11 is 0. The van der Waals surface area contributed by atoms with Crippen LogP contribution in [0.1, 0.15) is 24.2 Å². The van der Waals surface area contributed by atoms with Crippen molar-refractivity contribution < 1.29 is 18.7 Å². The van der Waals surface area contributed by atoms with E-state index in [0.717, 1.165) is 5.75 Å². The highest BCUT2D eigenvalue weighted by molar-refractivity contribution is 6.12. The number of anilines is 1. The fourth-order valence-corrected chi connectivity index (χ4v) is 3.11. The fraction of sp³-hybridized carbons (Fsp3) is 0.120. The van der Waals surface area contributed by atoms with Gasteiger partial charge in [-0.3, -0.25) is 4.79 Å². The van der Waals surface area contributed by atoms with Gasteiger partial charge in [0.2, 0.25) is 0 Å². The summed E-state index contributed by atoms with van der Waals surface area (Å²) in [5, 5.41) is 3.33. The Balaban J connectivity index is 1.54. The zero-order valence-corrected chi connectivity index (χ0v) is 17.1. The molecule has 0 aliphatic carbocycles. The van der Waals surface area contributed by atoms with Crippen LogP contribution in [0.3, 0.4) is 0 Å². The molecule has 0 saturated carbocycles. The van der Waals surface area contributed by atoms with Crippen LogP contribution in [0.2, 0.25) is 0 Å². The normalized spacial score (nSPS) is 10.8. The summed E-state index contributed by atoms with van der Waals surface area (Å²) < 4.78 is 16.7. The van der Waals surface area contributed by atoms with Crippen molar-refractivity contribution in [3.63, 3.8) is 0 Å². The summed E-state index contributed by atoms with van der Waals surface area (Å²) in [6.45, 7) is 3.81. The van der Waals surface area contributed by atoms with Gasteiger partial charge in [-0.25, -0.2) is 4.79 Å². The molecule has 1 aromatic heterocycles. The van der Waals surface area contributed by atoms with Crippen molar-refractivity contribution in [1.82, 2.24) is 0 Å². The highest BCUT2D eigenvalue weighted by Gasteiger charge is 2.15. The Kier molecular flexibility index (Phi) is 5.71. The summed E-state index contributed by atoms with van der Waals surface area (Å²) in [6, 6.07) is 22.7. The molecule has 0 fully saturated rings. The lowest BCUT2D eigenvalue weighted by atomic mass is 10.1. The van der Waals surface area contributed by atoms with Crippen LogP contribution in [0.5, 0.6) is 17.2 Å². The van der Waals surface area contributed by atoms with Crippen molar-refractivity contribution in [1.29, 1.82) is 0 Å². The highest BCUT2D eigenvalue weighted by atomic mass is 16.5. The average molecular weight is 415 g/mol. The largest absolute Gasteiger partial charge is 0.491 e. The van der Waals surface area contributed by atoms with Crippen molar-refractivity contribution in [2.24, 2.45) is 0 Å². The molecule has 6 heteroatoms. The topological polar surface area (TPSA) is 77.8 Å². The third-order valence-corrected chi connectivity index (χ3v) is 4.42. The quantitative estimate of drug-likeness (QED) is 0.413. The van der Waals surface area contributed by atoms with Gasteiger partial charge in [0.15, 0.2) is 0 Å². The molecule has 0 atom stereocenters. The van der Waals surface area contributed by atoms with Crippen molar-refractivity contribution >= 4 is 22.6 Å². The van der Waals surface area contributed by atoms with Gasteiger partial charge in [0.1, 0.15) is 22.8 Å². The van der Waals surface area contributed by atoms with Gasteiger partial charge in [0, 0.05) is 23.2 Å². The van der Waals surface area contributed by atoms with Gasteiger partial charge in [0.25, 0.3) is 5.91 Å². The number of carbonyl (C=O) groups is 1. The number of fused-ring (bicyclic) bond motifs is 1. The van der Waals surface area contributed by atoms with E-state index in [1.54, 1.807) is 42.5 Å². The van der Waals surface area contributed by atoms with Gasteiger partial charge in [-0.05, 0) is 62.4 Å². The second-order valence-corrected chi connectivity index (χ2v) is 7.20. The van der Waals surface area contributed by atoms with E-state index in [1.807, 2.05) is 44.2 Å². The minimum Gasteiger partial charge on any atom is -0.491 e. The second kappa shape index (κ2) is 8.75. The Labute approximate surface area is 179 Å². The Morgan fingerprint density at radius 1 is 0.871 bits per heavy atom. The lowest BCUT2D eigenvalue weighted by Gasteiger charge is -2.11. The van der Waals surface area contributed by atoms with Gasteiger partial charge in [-0.15, -0.1) is 0 Å². The third kappa shape index (κ3) is 4.93. The predicted molar refractivity (Wildman–Crippen MR) is 119 cm³/mol. The van der Waals surface area contributed by atoms with Crippen LogP contribution in [0, 0.1) is 0 Å². The van der Waals surface area contributed by atoms with Crippen LogP contribution >= 0.6 is 0 Å². The minimum atomic E-state index is -0.606. The number of carbonyl (C=O) groups excluding carboxylic acids is 1. The Bertz CT molecular complexity index is 1260. The molecule has 0 radical (unpaired) electrons. The summed E-state index contributed by atoms with van der Waals surface area (Å²) in [5.74, 6) is 1.53. The molecule has 4 rings (SSSR count). The lowest BCUT2D eigenvalue weighted by Crippen LogP contribution is -2.15. The van der Waals surface area contributed by atoms with Gasteiger partial charge in [0.05, 0.1) is 11.7 Å². The monoisotopic (exact) mass is 415 g/mol. The van der Waals surface area contributed by atoms with E-state index in [-0.39, 0.29) is 11.7 Å². The molecule has 6 nitrogen and oxygen atoms in total. The molecule has 31 heavy (non-hydrogen) atoms. The third-order valence-electron chi connectivity index (χ3n) is 4.42. The summed E-state index contributed by atoms with van der Waals surface area (Å²) in [5.41, 5.74) is 0.492. The van der Waals surface area contributed by atoms with Crippen LogP contribution < -0.4 is 20.4 Å². The van der Waals surface area contributed by atoms with Crippen molar-refractivity contribution in [3.05, 3.63) is 94.8 Å². The molecule has 0 saturated heterocycles. The number of nitrogens with one attached hydrogen (secondary N) is 1. The molecule has 1 N–H and O–H groups in total. The van der Waals surface area contributed by atoms with Gasteiger partial charge in [-0.1, -0.05) is 18.2 Å². The zero-order valence-electron chi connectivity index (χ0n) is 17.1. The first kappa shape index (κ1) is 20.2. The van der Waals surface area contributed by atoms with Crippen molar-refractivity contribution in [2.45, 2.75) is 20.0 Å². The van der Waals surface area contributed by atoms with E-state index >= 15 is 0 Å². The number of benzene rings is 3. The SMILES string of the molecule is CC(C)Oc1ccc2c(C(=O)Nc3ccc(Oc4ccccc4)cc3)cc(=O)oc2c1. The molecule has 0 unspecified atom stereocenters. The van der Waals surface area contributed by atoms with Crippen LogP contribution in [-0.4, -0.2) is 12.0 Å². The Morgan fingerprint density at radius 3 is 2.26 bits per heavy atom. The number of para-hydroxylation sites is 1. The number of amides is 1. The van der Waals surface area contributed by atoms with Crippen molar-refractivity contribution in [2.75, 3.05) is 5.32 Å². The van der Waals surface area contributed by atoms with E-state index < -0.39 is 11.5 Å².